The fraction of sp³-hybridized carbons (Fsp3) is 0.385. The number of benzene rings is 1. The van der Waals surface area contributed by atoms with Crippen molar-refractivity contribution in [1.82, 2.24) is 5.32 Å². The summed E-state index contributed by atoms with van der Waals surface area (Å²) in [6.45, 7) is -0.120. The summed E-state index contributed by atoms with van der Waals surface area (Å²) in [5.74, 6) is -0.737. The average Bonchev–Trinajstić information content (AvgIpc) is 3.19. The Hall–Kier alpha value is -1.62. The molecular weight excluding hydrogens is 271 g/mol. The third-order valence-electron chi connectivity index (χ3n) is 3.44. The van der Waals surface area contributed by atoms with Gasteiger partial charge >= 0.3 is 0 Å². The first-order valence-corrected chi connectivity index (χ1v) is 6.50. The maximum atomic E-state index is 13.3. The standard InChI is InChI=1S/C13H12ClFN2O2/c14-9-4-3-8(15)5-10(9)17-6-11(18)16-12(13(17)19)7-1-2-7/h3-5,7,12H,1-2,6H2,(H,16,18). The second-order valence-electron chi connectivity index (χ2n) is 4.90. The Kier molecular flexibility index (Phi) is 2.93. The first-order chi connectivity index (χ1) is 9.06. The van der Waals surface area contributed by atoms with Crippen molar-refractivity contribution in [3.63, 3.8) is 0 Å². The van der Waals surface area contributed by atoms with Crippen LogP contribution in [0, 0.1) is 11.7 Å². The number of hydrogen-bond donors (Lipinski definition) is 1. The van der Waals surface area contributed by atoms with E-state index in [-0.39, 0.29) is 35.0 Å². The van der Waals surface area contributed by atoms with Crippen LogP contribution >= 0.6 is 11.6 Å². The molecule has 4 nitrogen and oxygen atoms in total. The minimum Gasteiger partial charge on any atom is -0.342 e. The first-order valence-electron chi connectivity index (χ1n) is 6.12. The topological polar surface area (TPSA) is 49.4 Å². The molecule has 1 aliphatic carbocycles. The summed E-state index contributed by atoms with van der Waals surface area (Å²) >= 11 is 5.99. The highest BCUT2D eigenvalue weighted by atomic mass is 35.5. The minimum atomic E-state index is -0.499. The van der Waals surface area contributed by atoms with E-state index in [1.54, 1.807) is 0 Å². The van der Waals surface area contributed by atoms with Crippen molar-refractivity contribution in [1.29, 1.82) is 0 Å². The van der Waals surface area contributed by atoms with E-state index in [0.717, 1.165) is 12.8 Å². The molecule has 1 N–H and O–H groups in total. The van der Waals surface area contributed by atoms with Gasteiger partial charge in [0.1, 0.15) is 18.4 Å². The van der Waals surface area contributed by atoms with Crippen LogP contribution in [0.3, 0.4) is 0 Å². The number of carbonyl (C=O) groups is 2. The highest BCUT2D eigenvalue weighted by Crippen LogP contribution is 2.36. The van der Waals surface area contributed by atoms with Crippen molar-refractivity contribution in [2.24, 2.45) is 5.92 Å². The van der Waals surface area contributed by atoms with Crippen LogP contribution < -0.4 is 10.2 Å². The fourth-order valence-corrected chi connectivity index (χ4v) is 2.54. The van der Waals surface area contributed by atoms with Crippen molar-refractivity contribution in [3.05, 3.63) is 29.0 Å². The summed E-state index contributed by atoms with van der Waals surface area (Å²) < 4.78 is 13.3. The smallest absolute Gasteiger partial charge is 0.250 e. The normalized spacial score (nSPS) is 23.5. The monoisotopic (exact) mass is 282 g/mol. The molecule has 6 heteroatoms. The second kappa shape index (κ2) is 4.49. The lowest BCUT2D eigenvalue weighted by atomic mass is 10.1. The molecule has 19 heavy (non-hydrogen) atoms. The highest BCUT2D eigenvalue weighted by Gasteiger charge is 2.43. The van der Waals surface area contributed by atoms with E-state index in [9.17, 15) is 14.0 Å². The summed E-state index contributed by atoms with van der Waals surface area (Å²) in [4.78, 5) is 25.3. The van der Waals surface area contributed by atoms with Gasteiger partial charge in [-0.05, 0) is 37.0 Å². The van der Waals surface area contributed by atoms with Gasteiger partial charge in [0.15, 0.2) is 0 Å². The molecule has 1 unspecified atom stereocenters. The Morgan fingerprint density at radius 2 is 2.05 bits per heavy atom. The summed E-state index contributed by atoms with van der Waals surface area (Å²) in [5.41, 5.74) is 0.257. The van der Waals surface area contributed by atoms with Crippen molar-refractivity contribution >= 4 is 29.1 Å². The fourth-order valence-electron chi connectivity index (χ4n) is 2.32. The summed E-state index contributed by atoms with van der Waals surface area (Å²) in [6, 6.07) is 3.29. The van der Waals surface area contributed by atoms with E-state index in [2.05, 4.69) is 5.32 Å². The van der Waals surface area contributed by atoms with E-state index in [4.69, 9.17) is 11.6 Å². The van der Waals surface area contributed by atoms with Gasteiger partial charge in [0.25, 0.3) is 0 Å². The zero-order valence-corrected chi connectivity index (χ0v) is 10.8. The van der Waals surface area contributed by atoms with Crippen LogP contribution in [0.4, 0.5) is 10.1 Å². The van der Waals surface area contributed by atoms with Crippen LogP contribution in [0.15, 0.2) is 18.2 Å². The number of carbonyl (C=O) groups excluding carboxylic acids is 2. The Morgan fingerprint density at radius 3 is 2.74 bits per heavy atom. The molecule has 2 amide bonds. The largest absolute Gasteiger partial charge is 0.342 e. The molecule has 0 bridgehead atoms. The van der Waals surface area contributed by atoms with Gasteiger partial charge in [-0.15, -0.1) is 0 Å². The lowest BCUT2D eigenvalue weighted by Crippen LogP contribution is -2.59. The van der Waals surface area contributed by atoms with E-state index in [1.165, 1.54) is 23.1 Å². The molecule has 100 valence electrons. The predicted octanol–water partition coefficient (Wildman–Crippen LogP) is 1.72. The average molecular weight is 283 g/mol. The molecule has 2 aliphatic rings. The third kappa shape index (κ3) is 2.30. The molecule has 1 saturated heterocycles. The quantitative estimate of drug-likeness (QED) is 0.898. The molecule has 3 rings (SSSR count). The van der Waals surface area contributed by atoms with E-state index >= 15 is 0 Å². The number of piperazine rings is 1. The maximum absolute atomic E-state index is 13.3. The van der Waals surface area contributed by atoms with Crippen LogP contribution in [0.25, 0.3) is 0 Å². The molecule has 1 heterocycles. The zero-order chi connectivity index (χ0) is 13.6. The molecule has 1 atom stereocenters. The van der Waals surface area contributed by atoms with Crippen LogP contribution in [-0.2, 0) is 9.59 Å². The van der Waals surface area contributed by atoms with E-state index in [1.807, 2.05) is 0 Å². The summed E-state index contributed by atoms with van der Waals surface area (Å²) in [7, 11) is 0. The number of rotatable bonds is 2. The molecule has 1 aromatic rings. The lowest BCUT2D eigenvalue weighted by Gasteiger charge is -2.33. The Morgan fingerprint density at radius 1 is 1.32 bits per heavy atom. The van der Waals surface area contributed by atoms with Gasteiger partial charge in [-0.25, -0.2) is 4.39 Å². The van der Waals surface area contributed by atoms with Crippen LogP contribution in [0.2, 0.25) is 5.02 Å². The third-order valence-corrected chi connectivity index (χ3v) is 3.76. The number of anilines is 1. The molecule has 1 aliphatic heterocycles. The lowest BCUT2D eigenvalue weighted by molar-refractivity contribution is -0.131. The SMILES string of the molecule is O=C1CN(c2cc(F)ccc2Cl)C(=O)C(C2CC2)N1. The maximum Gasteiger partial charge on any atom is 0.250 e. The van der Waals surface area contributed by atoms with E-state index < -0.39 is 11.9 Å². The Labute approximate surface area is 114 Å². The molecule has 0 aromatic heterocycles. The van der Waals surface area contributed by atoms with Crippen molar-refractivity contribution in [3.8, 4) is 0 Å². The molecule has 1 aromatic carbocycles. The second-order valence-corrected chi connectivity index (χ2v) is 5.31. The van der Waals surface area contributed by atoms with Gasteiger partial charge < -0.3 is 5.32 Å². The van der Waals surface area contributed by atoms with Crippen LogP contribution in [0.1, 0.15) is 12.8 Å². The van der Waals surface area contributed by atoms with Crippen LogP contribution in [0.5, 0.6) is 0 Å². The zero-order valence-electron chi connectivity index (χ0n) is 10.0. The van der Waals surface area contributed by atoms with Gasteiger partial charge in [-0.1, -0.05) is 11.6 Å². The van der Waals surface area contributed by atoms with E-state index in [0.29, 0.717) is 0 Å². The number of amides is 2. The van der Waals surface area contributed by atoms with Crippen molar-refractivity contribution in [2.45, 2.75) is 18.9 Å². The highest BCUT2D eigenvalue weighted by molar-refractivity contribution is 6.34. The predicted molar refractivity (Wildman–Crippen MR) is 68.4 cm³/mol. The summed E-state index contributed by atoms with van der Waals surface area (Å²) in [5, 5.41) is 2.96. The van der Waals surface area contributed by atoms with Gasteiger partial charge in [0.2, 0.25) is 11.8 Å². The molecule has 2 fully saturated rings. The Bertz CT molecular complexity index is 560. The molecule has 0 spiro atoms. The Balaban J connectivity index is 1.95. The molecule has 0 radical (unpaired) electrons. The number of nitrogens with zero attached hydrogens (tertiary/aromatic N) is 1. The van der Waals surface area contributed by atoms with Gasteiger partial charge in [-0.3, -0.25) is 14.5 Å². The van der Waals surface area contributed by atoms with Gasteiger partial charge in [-0.2, -0.15) is 0 Å². The van der Waals surface area contributed by atoms with Crippen LogP contribution in [-0.4, -0.2) is 24.4 Å². The van der Waals surface area contributed by atoms with Gasteiger partial charge in [0.05, 0.1) is 10.7 Å². The van der Waals surface area contributed by atoms with Crippen molar-refractivity contribution in [2.75, 3.05) is 11.4 Å². The minimum absolute atomic E-state index is 0.120. The molecular formula is C13H12ClFN2O2. The van der Waals surface area contributed by atoms with Crippen molar-refractivity contribution < 1.29 is 14.0 Å². The first kappa shape index (κ1) is 12.4. The number of halogens is 2. The molecule has 1 saturated carbocycles. The number of nitrogens with one attached hydrogen (secondary N) is 1. The summed E-state index contributed by atoms with van der Waals surface area (Å²) in [6.07, 6.45) is 1.86. The van der Waals surface area contributed by atoms with Gasteiger partial charge in [0, 0.05) is 0 Å². The number of hydrogen-bond acceptors (Lipinski definition) is 2.